The van der Waals surface area contributed by atoms with Crippen LogP contribution < -0.4 is 10.5 Å². The van der Waals surface area contributed by atoms with Crippen LogP contribution in [0.15, 0.2) is 36.5 Å². The third-order valence-corrected chi connectivity index (χ3v) is 4.42. The van der Waals surface area contributed by atoms with E-state index in [1.807, 2.05) is 24.9 Å². The maximum Gasteiger partial charge on any atom is 0.255 e. The normalized spacial score (nSPS) is 14.9. The lowest BCUT2D eigenvalue weighted by Crippen LogP contribution is -2.49. The molecule has 23 heavy (non-hydrogen) atoms. The van der Waals surface area contributed by atoms with Crippen LogP contribution in [-0.2, 0) is 0 Å². The molecule has 3 rings (SSSR count). The van der Waals surface area contributed by atoms with Crippen molar-refractivity contribution in [1.29, 1.82) is 0 Å². The number of benzene rings is 1. The number of amides is 1. The first-order valence-corrected chi connectivity index (χ1v) is 8.09. The topological polar surface area (TPSA) is 36.4 Å². The molecule has 1 aliphatic rings. The van der Waals surface area contributed by atoms with Crippen LogP contribution in [0, 0.1) is 13.8 Å². The van der Waals surface area contributed by atoms with Crippen LogP contribution >= 0.6 is 0 Å². The van der Waals surface area contributed by atoms with Crippen LogP contribution in [0.3, 0.4) is 0 Å². The van der Waals surface area contributed by atoms with E-state index in [9.17, 15) is 4.79 Å². The van der Waals surface area contributed by atoms with E-state index < -0.39 is 0 Å². The number of hydrogen-bond acceptors (Lipinski definition) is 3. The molecule has 0 radical (unpaired) electrons. The number of carbonyl (C=O) groups excluding carboxylic acids is 1. The Hall–Kier alpha value is -2.30. The van der Waals surface area contributed by atoms with E-state index >= 15 is 0 Å². The van der Waals surface area contributed by atoms with Crippen LogP contribution in [0.1, 0.15) is 21.5 Å². The van der Waals surface area contributed by atoms with Gasteiger partial charge in [-0.15, -0.1) is 0 Å². The highest BCUT2D eigenvalue weighted by molar-refractivity contribution is 6.30. The average Bonchev–Trinajstić information content (AvgIpc) is 2.55. The second-order valence-electron chi connectivity index (χ2n) is 6.26. The number of piperazine rings is 1. The van der Waals surface area contributed by atoms with Gasteiger partial charge in [-0.1, -0.05) is 23.8 Å². The number of anilines is 1. The lowest BCUT2D eigenvalue weighted by Gasteiger charge is -2.37. The quantitative estimate of drug-likeness (QED) is 0.774. The Morgan fingerprint density at radius 3 is 2.43 bits per heavy atom. The molecular formula is C18H22BN3O. The Balaban J connectivity index is 1.66. The number of carbonyl (C=O) groups is 1. The number of hydrogen-bond donors (Lipinski definition) is 0. The molecule has 5 heteroatoms. The number of aromatic nitrogens is 1. The molecule has 1 aromatic carbocycles. The van der Waals surface area contributed by atoms with Crippen molar-refractivity contribution in [3.63, 3.8) is 0 Å². The molecule has 0 N–H and O–H groups in total. The molecule has 1 aromatic heterocycles. The van der Waals surface area contributed by atoms with Gasteiger partial charge in [0, 0.05) is 38.1 Å². The summed E-state index contributed by atoms with van der Waals surface area (Å²) >= 11 is 0. The largest absolute Gasteiger partial charge is 0.368 e. The summed E-state index contributed by atoms with van der Waals surface area (Å²) in [7, 11) is 1.93. The van der Waals surface area contributed by atoms with Crippen LogP contribution in [0.5, 0.6) is 0 Å². The highest BCUT2D eigenvalue weighted by Crippen LogP contribution is 2.22. The molecule has 1 amide bonds. The molecular weight excluding hydrogens is 285 g/mol. The van der Waals surface area contributed by atoms with Gasteiger partial charge in [0.2, 0.25) is 0 Å². The minimum absolute atomic E-state index is 0.0813. The van der Waals surface area contributed by atoms with Crippen molar-refractivity contribution < 1.29 is 4.79 Å². The van der Waals surface area contributed by atoms with E-state index in [0.717, 1.165) is 31.8 Å². The van der Waals surface area contributed by atoms with Gasteiger partial charge in [-0.05, 0) is 37.1 Å². The van der Waals surface area contributed by atoms with Crippen molar-refractivity contribution in [2.45, 2.75) is 13.8 Å². The highest BCUT2D eigenvalue weighted by atomic mass is 16.2. The maximum atomic E-state index is 12.5. The highest BCUT2D eigenvalue weighted by Gasteiger charge is 2.23. The van der Waals surface area contributed by atoms with Crippen molar-refractivity contribution in [2.24, 2.45) is 0 Å². The third-order valence-electron chi connectivity index (χ3n) is 4.42. The van der Waals surface area contributed by atoms with Crippen LogP contribution in [0.25, 0.3) is 0 Å². The monoisotopic (exact) mass is 307 g/mol. The number of pyridine rings is 1. The van der Waals surface area contributed by atoms with Crippen LogP contribution in [0.2, 0.25) is 0 Å². The fourth-order valence-corrected chi connectivity index (χ4v) is 3.09. The molecule has 1 aliphatic heterocycles. The van der Waals surface area contributed by atoms with Gasteiger partial charge in [0.25, 0.3) is 5.91 Å². The van der Waals surface area contributed by atoms with Crippen LogP contribution in [0.4, 0.5) is 5.69 Å². The van der Waals surface area contributed by atoms with E-state index in [4.69, 9.17) is 0 Å². The zero-order valence-electron chi connectivity index (χ0n) is 14.0. The Labute approximate surface area is 138 Å². The Bertz CT molecular complexity index is 707. The molecule has 0 aliphatic carbocycles. The van der Waals surface area contributed by atoms with Gasteiger partial charge in [-0.25, -0.2) is 0 Å². The van der Waals surface area contributed by atoms with Crippen molar-refractivity contribution in [3.05, 3.63) is 53.2 Å². The van der Waals surface area contributed by atoms with Crippen molar-refractivity contribution in [1.82, 2.24) is 9.88 Å². The molecule has 118 valence electrons. The molecule has 0 atom stereocenters. The van der Waals surface area contributed by atoms with Gasteiger partial charge in [0.05, 0.1) is 5.56 Å². The first-order valence-electron chi connectivity index (χ1n) is 8.09. The summed E-state index contributed by atoms with van der Waals surface area (Å²) in [6.07, 6.45) is 1.67. The van der Waals surface area contributed by atoms with E-state index in [1.165, 1.54) is 16.8 Å². The molecule has 2 aromatic rings. The summed E-state index contributed by atoms with van der Waals surface area (Å²) in [6, 6.07) is 10.3. The Morgan fingerprint density at radius 1 is 1.09 bits per heavy atom. The van der Waals surface area contributed by atoms with Gasteiger partial charge in [0.1, 0.15) is 0 Å². The molecule has 2 heterocycles. The van der Waals surface area contributed by atoms with Crippen molar-refractivity contribution in [3.8, 4) is 0 Å². The predicted octanol–water partition coefficient (Wildman–Crippen LogP) is 0.919. The molecule has 0 saturated carbocycles. The van der Waals surface area contributed by atoms with E-state index in [0.29, 0.717) is 5.56 Å². The summed E-state index contributed by atoms with van der Waals surface area (Å²) in [5, 5.41) is 0. The van der Waals surface area contributed by atoms with Gasteiger partial charge >= 0.3 is 0 Å². The smallest absolute Gasteiger partial charge is 0.255 e. The summed E-state index contributed by atoms with van der Waals surface area (Å²) in [5.41, 5.74) is 5.47. The van der Waals surface area contributed by atoms with Crippen LogP contribution in [-0.4, -0.2) is 49.8 Å². The Morgan fingerprint density at radius 2 is 1.83 bits per heavy atom. The van der Waals surface area contributed by atoms with Crippen molar-refractivity contribution in [2.75, 3.05) is 31.1 Å². The standard InChI is InChI=1S/C18H22BN3O/c1-13-3-5-16(14(2)11-13)21-7-9-22(10-8-21)18(23)15-4-6-17(19)20-12-15/h3-6,11-12H,7-10,19H2,1-2H3. The fraction of sp³-hybridized carbons (Fsp3) is 0.333. The summed E-state index contributed by atoms with van der Waals surface area (Å²) in [6.45, 7) is 7.50. The SMILES string of the molecule is Bc1ccc(C(=O)N2CCN(c3ccc(C)cc3C)CC2)cn1. The molecule has 1 saturated heterocycles. The zero-order chi connectivity index (χ0) is 16.4. The second kappa shape index (κ2) is 6.45. The van der Waals surface area contributed by atoms with Gasteiger partial charge in [-0.2, -0.15) is 0 Å². The lowest BCUT2D eigenvalue weighted by molar-refractivity contribution is 0.0746. The molecule has 0 unspecified atom stereocenters. The summed E-state index contributed by atoms with van der Waals surface area (Å²) in [5.74, 6) is 0.0813. The number of aryl methyl sites for hydroxylation is 2. The lowest BCUT2D eigenvalue weighted by atomic mass is 10.0. The van der Waals surface area contributed by atoms with E-state index in [2.05, 4.69) is 41.9 Å². The van der Waals surface area contributed by atoms with Crippen molar-refractivity contribution >= 4 is 25.0 Å². The van der Waals surface area contributed by atoms with Gasteiger partial charge in [-0.3, -0.25) is 9.78 Å². The second-order valence-corrected chi connectivity index (χ2v) is 6.26. The molecule has 0 bridgehead atoms. The number of nitrogens with zero attached hydrogens (tertiary/aromatic N) is 3. The minimum atomic E-state index is 0.0813. The zero-order valence-corrected chi connectivity index (χ0v) is 14.0. The first kappa shape index (κ1) is 15.6. The molecule has 0 spiro atoms. The maximum absolute atomic E-state index is 12.5. The third kappa shape index (κ3) is 3.39. The van der Waals surface area contributed by atoms with Gasteiger partial charge < -0.3 is 9.80 Å². The molecule has 1 fully saturated rings. The Kier molecular flexibility index (Phi) is 4.37. The number of rotatable bonds is 2. The fourth-order valence-electron chi connectivity index (χ4n) is 3.09. The summed E-state index contributed by atoms with van der Waals surface area (Å²) < 4.78 is 0. The first-order chi connectivity index (χ1) is 11.0. The van der Waals surface area contributed by atoms with Gasteiger partial charge in [0.15, 0.2) is 7.85 Å². The van der Waals surface area contributed by atoms with E-state index in [1.54, 1.807) is 6.20 Å². The average molecular weight is 307 g/mol. The van der Waals surface area contributed by atoms with E-state index in [-0.39, 0.29) is 5.91 Å². The minimum Gasteiger partial charge on any atom is -0.368 e. The predicted molar refractivity (Wildman–Crippen MR) is 96.4 cm³/mol. The summed E-state index contributed by atoms with van der Waals surface area (Å²) in [4.78, 5) is 21.0. The molecule has 4 nitrogen and oxygen atoms in total.